The van der Waals surface area contributed by atoms with Crippen molar-refractivity contribution < 1.29 is 0 Å². The minimum Gasteiger partial charge on any atom is -0.198 e. The lowest BCUT2D eigenvalue weighted by atomic mass is 10.1. The van der Waals surface area contributed by atoms with Crippen LogP contribution in [0.3, 0.4) is 0 Å². The van der Waals surface area contributed by atoms with Gasteiger partial charge in [-0.05, 0) is 25.9 Å². The van der Waals surface area contributed by atoms with Gasteiger partial charge in [0.05, 0.1) is 6.07 Å². The van der Waals surface area contributed by atoms with Crippen LogP contribution in [-0.2, 0) is 0 Å². The van der Waals surface area contributed by atoms with Crippen LogP contribution in [0.5, 0.6) is 0 Å². The highest BCUT2D eigenvalue weighted by Crippen LogP contribution is 2.23. The fourth-order valence-corrected chi connectivity index (χ4v) is 2.13. The molecule has 10 heavy (non-hydrogen) atoms. The first kappa shape index (κ1) is 10.3. The average Bonchev–Trinajstić information content (AvgIpc) is 1.81. The van der Waals surface area contributed by atoms with E-state index in [1.807, 2.05) is 13.5 Å². The SMILES string of the molecule is C[C@H](C#N)CC[Si](C)(Cl)Cl. The van der Waals surface area contributed by atoms with Crippen LogP contribution in [-0.4, -0.2) is 6.69 Å². The van der Waals surface area contributed by atoms with Crippen LogP contribution in [0.15, 0.2) is 0 Å². The van der Waals surface area contributed by atoms with E-state index in [2.05, 4.69) is 6.07 Å². The van der Waals surface area contributed by atoms with Gasteiger partial charge in [0.2, 0.25) is 6.69 Å². The van der Waals surface area contributed by atoms with E-state index in [0.29, 0.717) is 0 Å². The third-order valence-corrected chi connectivity index (χ3v) is 3.54. The number of nitrogens with zero attached hydrogens (tertiary/aromatic N) is 1. The van der Waals surface area contributed by atoms with Gasteiger partial charge in [0.1, 0.15) is 0 Å². The summed E-state index contributed by atoms with van der Waals surface area (Å²) in [5, 5.41) is 8.41. The Morgan fingerprint density at radius 1 is 1.60 bits per heavy atom. The second kappa shape index (κ2) is 4.22. The summed E-state index contributed by atoms with van der Waals surface area (Å²) >= 11 is 11.7. The van der Waals surface area contributed by atoms with Gasteiger partial charge in [-0.25, -0.2) is 0 Å². The molecule has 0 aliphatic rings. The van der Waals surface area contributed by atoms with Crippen LogP contribution in [0.25, 0.3) is 0 Å². The second-order valence-electron chi connectivity index (χ2n) is 2.64. The van der Waals surface area contributed by atoms with Gasteiger partial charge in [0.15, 0.2) is 0 Å². The minimum atomic E-state index is -1.94. The van der Waals surface area contributed by atoms with Crippen molar-refractivity contribution in [3.8, 4) is 6.07 Å². The Bertz CT molecular complexity index is 136. The number of hydrogen-bond acceptors (Lipinski definition) is 1. The smallest absolute Gasteiger partial charge is 0.198 e. The number of nitriles is 1. The van der Waals surface area contributed by atoms with E-state index >= 15 is 0 Å². The molecule has 0 aromatic rings. The van der Waals surface area contributed by atoms with Crippen molar-refractivity contribution >= 4 is 28.9 Å². The molecular weight excluding hydrogens is 185 g/mol. The van der Waals surface area contributed by atoms with E-state index in [-0.39, 0.29) is 5.92 Å². The van der Waals surface area contributed by atoms with Crippen molar-refractivity contribution in [2.45, 2.75) is 25.9 Å². The summed E-state index contributed by atoms with van der Waals surface area (Å²) < 4.78 is 0. The fraction of sp³-hybridized carbons (Fsp3) is 0.833. The molecular formula is C6H11Cl2NSi. The zero-order valence-corrected chi connectivity index (χ0v) is 8.71. The molecule has 4 heteroatoms. The number of halogens is 2. The molecule has 58 valence electrons. The molecule has 1 atom stereocenters. The van der Waals surface area contributed by atoms with Crippen molar-refractivity contribution in [1.29, 1.82) is 5.26 Å². The van der Waals surface area contributed by atoms with Crippen LogP contribution < -0.4 is 0 Å². The molecule has 0 spiro atoms. The van der Waals surface area contributed by atoms with Crippen molar-refractivity contribution in [2.24, 2.45) is 5.92 Å². The predicted molar refractivity (Wildman–Crippen MR) is 47.5 cm³/mol. The quantitative estimate of drug-likeness (QED) is 0.502. The van der Waals surface area contributed by atoms with E-state index in [1.54, 1.807) is 0 Å². The molecule has 0 saturated carbocycles. The van der Waals surface area contributed by atoms with Gasteiger partial charge in [-0.3, -0.25) is 0 Å². The van der Waals surface area contributed by atoms with Crippen molar-refractivity contribution in [3.05, 3.63) is 0 Å². The first-order chi connectivity index (χ1) is 4.45. The normalized spacial score (nSPS) is 14.3. The molecule has 0 aliphatic heterocycles. The lowest BCUT2D eigenvalue weighted by Gasteiger charge is -2.09. The number of hydrogen-bond donors (Lipinski definition) is 0. The average molecular weight is 196 g/mol. The first-order valence-electron chi connectivity index (χ1n) is 3.23. The maximum Gasteiger partial charge on any atom is 0.248 e. The van der Waals surface area contributed by atoms with E-state index < -0.39 is 6.69 Å². The van der Waals surface area contributed by atoms with Gasteiger partial charge in [-0.1, -0.05) is 0 Å². The molecule has 0 bridgehead atoms. The summed E-state index contributed by atoms with van der Waals surface area (Å²) in [6.07, 6.45) is 0.826. The van der Waals surface area contributed by atoms with Crippen LogP contribution in [0.2, 0.25) is 12.6 Å². The Hall–Kier alpha value is 0.287. The highest BCUT2D eigenvalue weighted by molar-refractivity contribution is 7.44. The third-order valence-electron chi connectivity index (χ3n) is 1.24. The van der Waals surface area contributed by atoms with Crippen LogP contribution in [0, 0.1) is 17.2 Å². The van der Waals surface area contributed by atoms with Crippen LogP contribution in [0.4, 0.5) is 0 Å². The van der Waals surface area contributed by atoms with E-state index in [9.17, 15) is 0 Å². The summed E-state index contributed by atoms with van der Waals surface area (Å²) in [4.78, 5) is 0. The first-order valence-corrected chi connectivity index (χ1v) is 7.96. The summed E-state index contributed by atoms with van der Waals surface area (Å²) in [5.41, 5.74) is 0. The molecule has 0 saturated heterocycles. The monoisotopic (exact) mass is 195 g/mol. The molecule has 0 amide bonds. The van der Waals surface area contributed by atoms with Crippen LogP contribution >= 0.6 is 22.2 Å². The van der Waals surface area contributed by atoms with Crippen molar-refractivity contribution in [3.63, 3.8) is 0 Å². The highest BCUT2D eigenvalue weighted by atomic mass is 35.7. The lowest BCUT2D eigenvalue weighted by molar-refractivity contribution is 0.708. The number of rotatable bonds is 3. The Morgan fingerprint density at radius 3 is 2.40 bits per heavy atom. The van der Waals surface area contributed by atoms with Gasteiger partial charge >= 0.3 is 0 Å². The molecule has 1 nitrogen and oxygen atoms in total. The van der Waals surface area contributed by atoms with E-state index in [1.165, 1.54) is 0 Å². The summed E-state index contributed by atoms with van der Waals surface area (Å²) in [5.74, 6) is 0.0873. The predicted octanol–water partition coefficient (Wildman–Crippen LogP) is 3.09. The van der Waals surface area contributed by atoms with Crippen molar-refractivity contribution in [2.75, 3.05) is 0 Å². The van der Waals surface area contributed by atoms with Gasteiger partial charge in [0, 0.05) is 5.92 Å². The summed E-state index contributed by atoms with van der Waals surface area (Å²) in [7, 11) is 0. The molecule has 0 unspecified atom stereocenters. The van der Waals surface area contributed by atoms with Crippen LogP contribution in [0.1, 0.15) is 13.3 Å². The lowest BCUT2D eigenvalue weighted by Crippen LogP contribution is -2.13. The summed E-state index contributed by atoms with van der Waals surface area (Å²) in [6.45, 7) is 1.82. The van der Waals surface area contributed by atoms with E-state index in [0.717, 1.165) is 12.5 Å². The Morgan fingerprint density at radius 2 is 2.10 bits per heavy atom. The van der Waals surface area contributed by atoms with Gasteiger partial charge in [-0.2, -0.15) is 5.26 Å². The standard InChI is InChI=1S/C6H11Cl2NSi/c1-6(5-9)3-4-10(2,7)8/h6H,3-4H2,1-2H3/t6-/m0/s1. The van der Waals surface area contributed by atoms with Gasteiger partial charge in [-0.15, -0.1) is 22.2 Å². The minimum absolute atomic E-state index is 0.0873. The molecule has 0 fully saturated rings. The molecule has 0 N–H and O–H groups in total. The molecule has 0 aliphatic carbocycles. The highest BCUT2D eigenvalue weighted by Gasteiger charge is 2.21. The topological polar surface area (TPSA) is 23.8 Å². The van der Waals surface area contributed by atoms with E-state index in [4.69, 9.17) is 27.4 Å². The molecule has 0 radical (unpaired) electrons. The third kappa shape index (κ3) is 6.41. The summed E-state index contributed by atoms with van der Waals surface area (Å²) in [6, 6.07) is 2.95. The Labute approximate surface area is 72.4 Å². The zero-order chi connectivity index (χ0) is 8.20. The van der Waals surface area contributed by atoms with Crippen molar-refractivity contribution in [1.82, 2.24) is 0 Å². The molecule has 0 aromatic heterocycles. The fourth-order valence-electron chi connectivity index (χ4n) is 0.535. The Kier molecular flexibility index (Phi) is 4.35. The largest absolute Gasteiger partial charge is 0.248 e. The molecule has 0 heterocycles. The second-order valence-corrected chi connectivity index (χ2v) is 10.9. The van der Waals surface area contributed by atoms with Gasteiger partial charge < -0.3 is 0 Å². The molecule has 0 rings (SSSR count). The Balaban J connectivity index is 3.48. The zero-order valence-electron chi connectivity index (χ0n) is 6.19. The van der Waals surface area contributed by atoms with Gasteiger partial charge in [0.25, 0.3) is 0 Å². The maximum atomic E-state index is 8.41. The maximum absolute atomic E-state index is 8.41. The molecule has 0 aromatic carbocycles.